The average molecular weight is 493 g/mol. The Morgan fingerprint density at radius 3 is 2.56 bits per heavy atom. The Hall–Kier alpha value is -3.88. The standard InChI is InChI=1S/C25H17ClN2O5S/c1-33-17-9-10-18-19(12-17)34-25(27-18)28-21(14-3-2-4-16(29)11-14)20(23(31)24(28)32)22(30)13-5-7-15(26)8-6-13/h2-12,21,29-30H,1H3/b22-20+. The predicted molar refractivity (Wildman–Crippen MR) is 131 cm³/mol. The number of methoxy groups -OCH3 is 1. The highest BCUT2D eigenvalue weighted by Gasteiger charge is 2.48. The van der Waals surface area contributed by atoms with E-state index in [-0.39, 0.29) is 22.2 Å². The second-order valence-corrected chi connectivity index (χ2v) is 9.05. The molecule has 5 rings (SSSR count). The van der Waals surface area contributed by atoms with Crippen LogP contribution in [0.5, 0.6) is 11.5 Å². The number of thiazole rings is 1. The number of anilines is 1. The first-order valence-electron chi connectivity index (χ1n) is 10.2. The van der Waals surface area contributed by atoms with E-state index in [2.05, 4.69) is 4.98 Å². The van der Waals surface area contributed by atoms with Crippen molar-refractivity contribution >= 4 is 55.7 Å². The van der Waals surface area contributed by atoms with Crippen molar-refractivity contribution in [2.75, 3.05) is 12.0 Å². The fraction of sp³-hybridized carbons (Fsp3) is 0.0800. The van der Waals surface area contributed by atoms with E-state index in [1.54, 1.807) is 61.7 Å². The van der Waals surface area contributed by atoms with E-state index in [1.165, 1.54) is 28.4 Å². The molecule has 3 aromatic carbocycles. The molecule has 0 radical (unpaired) electrons. The van der Waals surface area contributed by atoms with Crippen molar-refractivity contribution in [1.29, 1.82) is 0 Å². The van der Waals surface area contributed by atoms with Crippen LogP contribution in [0.1, 0.15) is 17.2 Å². The van der Waals surface area contributed by atoms with Gasteiger partial charge in [0, 0.05) is 10.6 Å². The molecule has 1 atom stereocenters. The molecule has 0 spiro atoms. The van der Waals surface area contributed by atoms with Crippen molar-refractivity contribution in [2.24, 2.45) is 0 Å². The van der Waals surface area contributed by atoms with E-state index in [0.29, 0.717) is 27.4 Å². The number of halogens is 1. The number of ketones is 1. The number of fused-ring (bicyclic) bond motifs is 1. The molecule has 1 aliphatic heterocycles. The van der Waals surface area contributed by atoms with Gasteiger partial charge in [-0.15, -0.1) is 0 Å². The average Bonchev–Trinajstić information content (AvgIpc) is 3.36. The maximum Gasteiger partial charge on any atom is 0.301 e. The monoisotopic (exact) mass is 492 g/mol. The number of aromatic nitrogens is 1. The van der Waals surface area contributed by atoms with Crippen molar-refractivity contribution in [2.45, 2.75) is 6.04 Å². The van der Waals surface area contributed by atoms with Gasteiger partial charge >= 0.3 is 5.91 Å². The number of phenols is 1. The van der Waals surface area contributed by atoms with Crippen molar-refractivity contribution in [1.82, 2.24) is 4.98 Å². The maximum absolute atomic E-state index is 13.3. The zero-order valence-corrected chi connectivity index (χ0v) is 19.3. The molecule has 0 aliphatic carbocycles. The molecule has 1 aliphatic rings. The lowest BCUT2D eigenvalue weighted by Gasteiger charge is -2.23. The maximum atomic E-state index is 13.3. The summed E-state index contributed by atoms with van der Waals surface area (Å²) in [7, 11) is 1.56. The number of carbonyl (C=O) groups is 2. The van der Waals surface area contributed by atoms with Crippen molar-refractivity contribution in [3.8, 4) is 11.5 Å². The largest absolute Gasteiger partial charge is 0.508 e. The summed E-state index contributed by atoms with van der Waals surface area (Å²) in [5.74, 6) is -1.42. The molecule has 2 N–H and O–H groups in total. The number of hydrogen-bond acceptors (Lipinski definition) is 7. The third kappa shape index (κ3) is 3.67. The van der Waals surface area contributed by atoms with E-state index in [4.69, 9.17) is 16.3 Å². The Bertz CT molecular complexity index is 1480. The lowest BCUT2D eigenvalue weighted by Crippen LogP contribution is -2.29. The summed E-state index contributed by atoms with van der Waals surface area (Å²) in [5.41, 5.74) is 1.32. The summed E-state index contributed by atoms with van der Waals surface area (Å²) in [4.78, 5) is 32.3. The minimum Gasteiger partial charge on any atom is -0.508 e. The van der Waals surface area contributed by atoms with Gasteiger partial charge < -0.3 is 14.9 Å². The Kier molecular flexibility index (Phi) is 5.47. The van der Waals surface area contributed by atoms with Gasteiger partial charge in [-0.2, -0.15) is 0 Å². The molecular weight excluding hydrogens is 476 g/mol. The van der Waals surface area contributed by atoms with Crippen molar-refractivity contribution < 1.29 is 24.5 Å². The highest BCUT2D eigenvalue weighted by Crippen LogP contribution is 2.45. The molecule has 1 amide bonds. The molecule has 7 nitrogen and oxygen atoms in total. The third-order valence-corrected chi connectivity index (χ3v) is 6.81. The number of ether oxygens (including phenoxy) is 1. The topological polar surface area (TPSA) is 100.0 Å². The second kappa shape index (κ2) is 8.48. The molecular formula is C25H17ClN2O5S. The Labute approximate surface area is 203 Å². The Balaban J connectivity index is 1.72. The van der Waals surface area contributed by atoms with Gasteiger partial charge in [-0.05, 0) is 60.2 Å². The molecule has 0 saturated carbocycles. The number of amides is 1. The lowest BCUT2D eigenvalue weighted by atomic mass is 9.95. The number of hydrogen-bond donors (Lipinski definition) is 2. The van der Waals surface area contributed by atoms with Crippen LogP contribution in [0.2, 0.25) is 5.02 Å². The minimum atomic E-state index is -0.995. The summed E-state index contributed by atoms with van der Waals surface area (Å²) in [5, 5.41) is 22.0. The number of aliphatic hydroxyl groups is 1. The van der Waals surface area contributed by atoms with Gasteiger partial charge in [-0.25, -0.2) is 4.98 Å². The van der Waals surface area contributed by atoms with E-state index in [1.807, 2.05) is 0 Å². The minimum absolute atomic E-state index is 0.0383. The summed E-state index contributed by atoms with van der Waals surface area (Å²) >= 11 is 7.18. The molecule has 34 heavy (non-hydrogen) atoms. The molecule has 170 valence electrons. The van der Waals surface area contributed by atoms with Crippen LogP contribution in [0, 0.1) is 0 Å². The van der Waals surface area contributed by atoms with Crippen molar-refractivity contribution in [3.05, 3.63) is 88.5 Å². The van der Waals surface area contributed by atoms with Crippen LogP contribution in [0.3, 0.4) is 0 Å². The van der Waals surface area contributed by atoms with Crippen LogP contribution in [0.4, 0.5) is 5.13 Å². The molecule has 9 heteroatoms. The first kappa shape index (κ1) is 21.9. The molecule has 4 aromatic rings. The van der Waals surface area contributed by atoms with Gasteiger partial charge in [0.2, 0.25) is 0 Å². The SMILES string of the molecule is COc1ccc2nc(N3C(=O)C(=O)/C(=C(/O)c4ccc(Cl)cc4)C3c3cccc(O)c3)sc2c1. The van der Waals surface area contributed by atoms with Crippen molar-refractivity contribution in [3.63, 3.8) is 0 Å². The van der Waals surface area contributed by atoms with E-state index in [9.17, 15) is 19.8 Å². The number of phenolic OH excluding ortho intramolecular Hbond substituents is 1. The Morgan fingerprint density at radius 2 is 1.85 bits per heavy atom. The van der Waals surface area contributed by atoms with Crippen LogP contribution in [0.15, 0.2) is 72.3 Å². The molecule has 2 heterocycles. The van der Waals surface area contributed by atoms with Gasteiger partial charge in [-0.3, -0.25) is 14.5 Å². The van der Waals surface area contributed by atoms with Gasteiger partial charge in [0.1, 0.15) is 17.3 Å². The molecule has 1 fully saturated rings. The first-order chi connectivity index (χ1) is 16.4. The fourth-order valence-electron chi connectivity index (χ4n) is 3.93. The van der Waals surface area contributed by atoms with Gasteiger partial charge in [0.15, 0.2) is 5.13 Å². The number of aromatic hydroxyl groups is 1. The lowest BCUT2D eigenvalue weighted by molar-refractivity contribution is -0.132. The number of nitrogens with zero attached hydrogens (tertiary/aromatic N) is 2. The van der Waals surface area contributed by atoms with Gasteiger partial charge in [0.25, 0.3) is 5.78 Å². The molecule has 0 bridgehead atoms. The van der Waals surface area contributed by atoms with Gasteiger partial charge in [0.05, 0.1) is 28.9 Å². The van der Waals surface area contributed by atoms with Crippen LogP contribution in [-0.4, -0.2) is 34.0 Å². The first-order valence-corrected chi connectivity index (χ1v) is 11.4. The zero-order chi connectivity index (χ0) is 24.0. The summed E-state index contributed by atoms with van der Waals surface area (Å²) in [6, 6.07) is 16.8. The second-order valence-electron chi connectivity index (χ2n) is 7.60. The van der Waals surface area contributed by atoms with E-state index in [0.717, 1.165) is 4.70 Å². The number of rotatable bonds is 4. The van der Waals surface area contributed by atoms with Gasteiger partial charge in [-0.1, -0.05) is 35.1 Å². The molecule has 1 saturated heterocycles. The third-order valence-electron chi connectivity index (χ3n) is 5.54. The number of carbonyl (C=O) groups excluding carboxylic acids is 2. The highest BCUT2D eigenvalue weighted by molar-refractivity contribution is 7.22. The predicted octanol–water partition coefficient (Wildman–Crippen LogP) is 5.29. The number of benzene rings is 3. The van der Waals surface area contributed by atoms with Crippen LogP contribution < -0.4 is 9.64 Å². The Morgan fingerprint density at radius 1 is 1.09 bits per heavy atom. The summed E-state index contributed by atoms with van der Waals surface area (Å²) in [6.07, 6.45) is 0. The van der Waals surface area contributed by atoms with E-state index >= 15 is 0 Å². The normalized spacial score (nSPS) is 17.5. The van der Waals surface area contributed by atoms with E-state index < -0.39 is 17.7 Å². The van der Waals surface area contributed by atoms with Crippen LogP contribution >= 0.6 is 22.9 Å². The highest BCUT2D eigenvalue weighted by atomic mass is 35.5. The fourth-order valence-corrected chi connectivity index (χ4v) is 5.07. The quantitative estimate of drug-likeness (QED) is 0.228. The summed E-state index contributed by atoms with van der Waals surface area (Å²) < 4.78 is 6.04. The number of aliphatic hydroxyl groups excluding tert-OH is 1. The number of Topliss-reactive ketones (excluding diaryl/α,β-unsaturated/α-hetero) is 1. The zero-order valence-electron chi connectivity index (χ0n) is 17.7. The molecule has 1 unspecified atom stereocenters. The van der Waals surface area contributed by atoms with Crippen LogP contribution in [0.25, 0.3) is 16.0 Å². The summed E-state index contributed by atoms with van der Waals surface area (Å²) in [6.45, 7) is 0. The molecule has 1 aromatic heterocycles. The smallest absolute Gasteiger partial charge is 0.301 e. The van der Waals surface area contributed by atoms with Crippen LogP contribution in [-0.2, 0) is 9.59 Å².